The van der Waals surface area contributed by atoms with E-state index in [-0.39, 0.29) is 18.6 Å². The first-order valence-electron chi connectivity index (χ1n) is 13.1. The summed E-state index contributed by atoms with van der Waals surface area (Å²) in [5.41, 5.74) is 3.76. The summed E-state index contributed by atoms with van der Waals surface area (Å²) >= 11 is 0. The highest BCUT2D eigenvalue weighted by Crippen LogP contribution is 2.48. The lowest BCUT2D eigenvalue weighted by Gasteiger charge is -2.35. The molecule has 0 aliphatic carbocycles. The van der Waals surface area contributed by atoms with E-state index < -0.39 is 17.5 Å². The van der Waals surface area contributed by atoms with E-state index >= 15 is 0 Å². The molecule has 5 heterocycles. The molecule has 6 rings (SSSR count). The van der Waals surface area contributed by atoms with Crippen molar-refractivity contribution in [3.05, 3.63) is 51.3 Å². The number of anilines is 1. The topological polar surface area (TPSA) is 103 Å². The van der Waals surface area contributed by atoms with Crippen molar-refractivity contribution in [2.45, 2.75) is 66.2 Å². The molecular formula is C29H30N4O5. The van der Waals surface area contributed by atoms with Gasteiger partial charge < -0.3 is 18.9 Å². The third kappa shape index (κ3) is 3.27. The maximum absolute atomic E-state index is 13.9. The Balaban J connectivity index is 1.65. The standard InChI is InChI=1S/C29H30N4O5/c1-6-23-30-20-9-8-10-21-24(20)26(33(23)12-15(3)4)17-13-32-22(25(17)31-21)11-19-18(27(32)35)14-37-28(36)29(19,7-2)38-16(5)34/h8-11,15H,6-7,12-14H2,1-5H3/t29-/m0/s1. The number of ether oxygens (including phenoxy) is 2. The second kappa shape index (κ2) is 8.51. The molecule has 0 radical (unpaired) electrons. The summed E-state index contributed by atoms with van der Waals surface area (Å²) in [5.74, 6) is 0.0816. The van der Waals surface area contributed by atoms with Crippen molar-refractivity contribution >= 4 is 40.1 Å². The predicted molar refractivity (Wildman–Crippen MR) is 144 cm³/mol. The minimum Gasteiger partial charge on any atom is -0.457 e. The van der Waals surface area contributed by atoms with Crippen LogP contribution in [0, 0.1) is 5.92 Å². The van der Waals surface area contributed by atoms with Crippen LogP contribution >= 0.6 is 0 Å². The maximum atomic E-state index is 13.9. The van der Waals surface area contributed by atoms with E-state index in [1.807, 2.05) is 18.2 Å². The third-order valence-corrected chi connectivity index (χ3v) is 7.64. The number of rotatable bonds is 5. The van der Waals surface area contributed by atoms with E-state index in [4.69, 9.17) is 19.5 Å². The summed E-state index contributed by atoms with van der Waals surface area (Å²) in [6, 6.07) is 7.72. The van der Waals surface area contributed by atoms with Crippen LogP contribution in [0.5, 0.6) is 0 Å². The second-order valence-corrected chi connectivity index (χ2v) is 10.5. The average molecular weight is 515 g/mol. The van der Waals surface area contributed by atoms with Gasteiger partial charge >= 0.3 is 11.9 Å². The van der Waals surface area contributed by atoms with Crippen molar-refractivity contribution in [2.75, 3.05) is 11.4 Å². The molecular weight excluding hydrogens is 484 g/mol. The number of hydrogen-bond donors (Lipinski definition) is 0. The molecule has 0 amide bonds. The molecule has 0 N–H and O–H groups in total. The zero-order valence-electron chi connectivity index (χ0n) is 22.3. The third-order valence-electron chi connectivity index (χ3n) is 7.64. The Bertz CT molecular complexity index is 1640. The normalized spacial score (nSPS) is 19.2. The number of fused-ring (bicyclic) bond motifs is 5. The first-order chi connectivity index (χ1) is 18.2. The van der Waals surface area contributed by atoms with Crippen LogP contribution in [-0.2, 0) is 37.8 Å². The number of aromatic nitrogens is 2. The predicted octanol–water partition coefficient (Wildman–Crippen LogP) is 4.57. The van der Waals surface area contributed by atoms with Gasteiger partial charge in [-0.25, -0.2) is 14.8 Å². The maximum Gasteiger partial charge on any atom is 0.355 e. The molecule has 3 aromatic rings. The molecule has 0 saturated heterocycles. The minimum absolute atomic E-state index is 0.145. The Morgan fingerprint density at radius 1 is 1.21 bits per heavy atom. The van der Waals surface area contributed by atoms with Crippen molar-refractivity contribution in [3.8, 4) is 11.4 Å². The molecule has 1 aromatic carbocycles. The Morgan fingerprint density at radius 3 is 2.68 bits per heavy atom. The molecule has 0 bridgehead atoms. The molecule has 0 spiro atoms. The molecule has 3 aliphatic rings. The Kier molecular flexibility index (Phi) is 5.45. The van der Waals surface area contributed by atoms with E-state index in [1.54, 1.807) is 17.6 Å². The highest BCUT2D eigenvalue weighted by molar-refractivity contribution is 6.16. The van der Waals surface area contributed by atoms with Crippen molar-refractivity contribution in [3.63, 3.8) is 0 Å². The monoisotopic (exact) mass is 514 g/mol. The molecule has 0 unspecified atom stereocenters. The number of amidine groups is 1. The SMILES string of the molecule is CCC1=Nc2cccc3nc4c(c(c23)N1CC(C)C)Cn1c-4cc2c(c1=O)COC(=O)[C@@]2(CC)OC(C)=O. The van der Waals surface area contributed by atoms with E-state index in [2.05, 4.69) is 25.7 Å². The second-order valence-electron chi connectivity index (χ2n) is 10.5. The summed E-state index contributed by atoms with van der Waals surface area (Å²) in [4.78, 5) is 51.2. The van der Waals surface area contributed by atoms with Gasteiger partial charge in [-0.2, -0.15) is 0 Å². The lowest BCUT2D eigenvalue weighted by atomic mass is 9.85. The number of esters is 2. The zero-order valence-corrected chi connectivity index (χ0v) is 22.3. The van der Waals surface area contributed by atoms with Crippen molar-refractivity contribution < 1.29 is 19.1 Å². The van der Waals surface area contributed by atoms with Crippen LogP contribution in [-0.4, -0.2) is 33.9 Å². The van der Waals surface area contributed by atoms with Gasteiger partial charge in [-0.15, -0.1) is 0 Å². The van der Waals surface area contributed by atoms with Crippen molar-refractivity contribution in [2.24, 2.45) is 10.9 Å². The molecule has 0 saturated carbocycles. The quantitative estimate of drug-likeness (QED) is 0.360. The molecule has 1 atom stereocenters. The summed E-state index contributed by atoms with van der Waals surface area (Å²) in [6.45, 7) is 10.4. The van der Waals surface area contributed by atoms with E-state index in [1.165, 1.54) is 6.92 Å². The van der Waals surface area contributed by atoms with Crippen LogP contribution < -0.4 is 10.5 Å². The van der Waals surface area contributed by atoms with Gasteiger partial charge in [0.05, 0.1) is 45.8 Å². The van der Waals surface area contributed by atoms with Crippen LogP contribution in [0.15, 0.2) is 34.1 Å². The van der Waals surface area contributed by atoms with Crippen LogP contribution in [0.4, 0.5) is 11.4 Å². The largest absolute Gasteiger partial charge is 0.457 e. The number of aliphatic imine (C=N–C) groups is 1. The van der Waals surface area contributed by atoms with Gasteiger partial charge in [-0.05, 0) is 30.5 Å². The Morgan fingerprint density at radius 2 is 2.00 bits per heavy atom. The van der Waals surface area contributed by atoms with Crippen molar-refractivity contribution in [1.82, 2.24) is 9.55 Å². The van der Waals surface area contributed by atoms with E-state index in [0.29, 0.717) is 35.0 Å². The van der Waals surface area contributed by atoms with Gasteiger partial charge in [0.1, 0.15) is 12.4 Å². The van der Waals surface area contributed by atoms with E-state index in [9.17, 15) is 14.4 Å². The lowest BCUT2D eigenvalue weighted by Crippen LogP contribution is -2.47. The summed E-state index contributed by atoms with van der Waals surface area (Å²) < 4.78 is 12.7. The lowest BCUT2D eigenvalue weighted by molar-refractivity contribution is -0.188. The number of pyridine rings is 2. The summed E-state index contributed by atoms with van der Waals surface area (Å²) in [7, 11) is 0. The highest BCUT2D eigenvalue weighted by Gasteiger charge is 2.50. The minimum atomic E-state index is -1.67. The fourth-order valence-corrected chi connectivity index (χ4v) is 6.04. The molecule has 0 fully saturated rings. The van der Waals surface area contributed by atoms with Gasteiger partial charge in [0.25, 0.3) is 5.56 Å². The van der Waals surface area contributed by atoms with Gasteiger partial charge in [0, 0.05) is 31.0 Å². The highest BCUT2D eigenvalue weighted by atomic mass is 16.6. The fourth-order valence-electron chi connectivity index (χ4n) is 6.04. The number of nitrogens with zero attached hydrogens (tertiary/aromatic N) is 4. The van der Waals surface area contributed by atoms with Crippen LogP contribution in [0.3, 0.4) is 0 Å². The van der Waals surface area contributed by atoms with E-state index in [0.717, 1.165) is 46.6 Å². The van der Waals surface area contributed by atoms with Gasteiger partial charge in [-0.3, -0.25) is 9.59 Å². The first kappa shape index (κ1) is 24.3. The van der Waals surface area contributed by atoms with Crippen LogP contribution in [0.1, 0.15) is 64.2 Å². The number of cyclic esters (lactones) is 1. The smallest absolute Gasteiger partial charge is 0.355 e. The first-order valence-corrected chi connectivity index (χ1v) is 13.1. The summed E-state index contributed by atoms with van der Waals surface area (Å²) in [5, 5.41) is 0.982. The van der Waals surface area contributed by atoms with Crippen molar-refractivity contribution in [1.29, 1.82) is 0 Å². The summed E-state index contributed by atoms with van der Waals surface area (Å²) in [6.07, 6.45) is 0.911. The Hall–Kier alpha value is -4.01. The zero-order chi connectivity index (χ0) is 26.9. The molecule has 3 aliphatic heterocycles. The van der Waals surface area contributed by atoms with Crippen LogP contribution in [0.2, 0.25) is 0 Å². The molecule has 9 nitrogen and oxygen atoms in total. The molecule has 38 heavy (non-hydrogen) atoms. The van der Waals surface area contributed by atoms with Gasteiger partial charge in [0.15, 0.2) is 0 Å². The molecule has 2 aromatic heterocycles. The van der Waals surface area contributed by atoms with Gasteiger partial charge in [-0.1, -0.05) is 33.8 Å². The molecule has 9 heteroatoms. The Labute approximate surface area is 220 Å². The number of hydrogen-bond acceptors (Lipinski definition) is 8. The number of benzene rings is 1. The van der Waals surface area contributed by atoms with Gasteiger partial charge in [0.2, 0.25) is 5.60 Å². The molecule has 196 valence electrons. The number of carbonyl (C=O) groups excluding carboxylic acids is 2. The fraction of sp³-hybridized carbons (Fsp3) is 0.414. The number of carbonyl (C=O) groups is 2. The van der Waals surface area contributed by atoms with Crippen LogP contribution in [0.25, 0.3) is 22.3 Å². The average Bonchev–Trinajstić information content (AvgIpc) is 3.25.